The fourth-order valence-electron chi connectivity index (χ4n) is 12.0. The van der Waals surface area contributed by atoms with Crippen LogP contribution in [0.25, 0.3) is 21.5 Å². The Morgan fingerprint density at radius 2 is 0.699 bits per heavy atom. The van der Waals surface area contributed by atoms with Crippen molar-refractivity contribution >= 4 is 39.5 Å². The maximum Gasteiger partial charge on any atom is 0.338 e. The predicted octanol–water partition coefficient (Wildman–Crippen LogP) is 6.33. The first kappa shape index (κ1) is 60.5. The average Bonchev–Trinajstić information content (AvgIpc) is 1.75. The number of carbonyl (C=O) groups is 3. The van der Waals surface area contributed by atoms with Crippen molar-refractivity contribution in [2.24, 2.45) is 0 Å². The molecular formula is C65H48O28. The number of phenolic OH excluding ortho intramolecular Hbond substituents is 16. The lowest BCUT2D eigenvalue weighted by atomic mass is 9.77. The third kappa shape index (κ3) is 10.6. The first-order chi connectivity index (χ1) is 44.0. The van der Waals surface area contributed by atoms with Gasteiger partial charge in [-0.3, -0.25) is 9.59 Å². The SMILES string of the molecule is O=C(O[C@@H]1Cc2c(O)cc(O)cc2CC1c1cc(O)c(=O)c2c(O)c(O)cc([C@H]3Oc4cc(O)cc(O)c4C[C@H]3OC(=O)c3cc(O)c(=O)c4c(O)c(O)cc([C@H]5Oc6cc(O)cc(O)c6C[C@H]5OC(=O)c5cc(O)c(O)c(O)c5)c4c3)c2c1)c1cc(O)c(O)c(O)c1. The number of aromatic hydroxyl groups is 18. The van der Waals surface area contributed by atoms with Crippen LogP contribution in [-0.2, 0) is 39.9 Å². The second-order valence-corrected chi connectivity index (χ2v) is 22.2. The fourth-order valence-corrected chi connectivity index (χ4v) is 12.0. The van der Waals surface area contributed by atoms with E-state index in [2.05, 4.69) is 0 Å². The average molecular weight is 1280 g/mol. The highest BCUT2D eigenvalue weighted by molar-refractivity contribution is 6.00. The molecule has 12 rings (SSSR count). The molecule has 2 heterocycles. The van der Waals surface area contributed by atoms with Crippen molar-refractivity contribution in [1.82, 2.24) is 0 Å². The van der Waals surface area contributed by atoms with Crippen LogP contribution in [0.15, 0.2) is 107 Å². The van der Waals surface area contributed by atoms with Crippen LogP contribution in [0.2, 0.25) is 0 Å². The lowest BCUT2D eigenvalue weighted by molar-refractivity contribution is -0.0185. The number of esters is 3. The molecule has 2 aliphatic heterocycles. The summed E-state index contributed by atoms with van der Waals surface area (Å²) >= 11 is 0. The van der Waals surface area contributed by atoms with Gasteiger partial charge in [0, 0.05) is 83.3 Å². The number of carbonyl (C=O) groups excluding carboxylic acids is 3. The second kappa shape index (κ2) is 22.4. The zero-order valence-corrected chi connectivity index (χ0v) is 47.2. The maximum absolute atomic E-state index is 15.1. The number of hydrogen-bond donors (Lipinski definition) is 18. The zero-order valence-electron chi connectivity index (χ0n) is 47.2. The monoisotopic (exact) mass is 1280 g/mol. The van der Waals surface area contributed by atoms with E-state index in [9.17, 15) is 111 Å². The Morgan fingerprint density at radius 1 is 0.344 bits per heavy atom. The number of fused-ring (bicyclic) bond motifs is 5. The molecule has 1 unspecified atom stereocenters. The Morgan fingerprint density at radius 3 is 1.15 bits per heavy atom. The highest BCUT2D eigenvalue weighted by Crippen LogP contribution is 2.51. The molecular weight excluding hydrogens is 1230 g/mol. The second-order valence-electron chi connectivity index (χ2n) is 22.2. The van der Waals surface area contributed by atoms with E-state index in [1.807, 2.05) is 0 Å². The van der Waals surface area contributed by atoms with Crippen molar-refractivity contribution in [1.29, 1.82) is 0 Å². The molecule has 6 atom stereocenters. The largest absolute Gasteiger partial charge is 0.508 e. The minimum Gasteiger partial charge on any atom is -0.508 e. The summed E-state index contributed by atoms with van der Waals surface area (Å²) in [5.74, 6) is -21.5. The van der Waals surface area contributed by atoms with Crippen molar-refractivity contribution in [3.05, 3.63) is 173 Å². The molecule has 476 valence electrons. The van der Waals surface area contributed by atoms with E-state index in [0.29, 0.717) is 6.07 Å². The van der Waals surface area contributed by atoms with E-state index in [-0.39, 0.29) is 57.7 Å². The first-order valence-electron chi connectivity index (χ1n) is 27.6. The summed E-state index contributed by atoms with van der Waals surface area (Å²) < 4.78 is 30.6. The highest BCUT2D eigenvalue weighted by Gasteiger charge is 2.42. The van der Waals surface area contributed by atoms with Crippen LogP contribution in [0.4, 0.5) is 0 Å². The molecule has 0 spiro atoms. The van der Waals surface area contributed by atoms with Crippen LogP contribution >= 0.6 is 0 Å². The molecule has 0 fully saturated rings. The van der Waals surface area contributed by atoms with Crippen LogP contribution in [0.5, 0.6) is 115 Å². The Bertz CT molecular complexity index is 4840. The Balaban J connectivity index is 1.00. The Labute approximate surface area is 518 Å². The maximum atomic E-state index is 15.1. The van der Waals surface area contributed by atoms with Gasteiger partial charge in [0.15, 0.2) is 81.2 Å². The minimum atomic E-state index is -1.87. The molecule has 3 aliphatic rings. The van der Waals surface area contributed by atoms with Crippen LogP contribution in [0.3, 0.4) is 0 Å². The molecule has 28 nitrogen and oxygen atoms in total. The van der Waals surface area contributed by atoms with E-state index < -0.39 is 225 Å². The summed E-state index contributed by atoms with van der Waals surface area (Å²) in [5.41, 5.74) is -5.31. The van der Waals surface area contributed by atoms with Crippen LogP contribution in [-0.4, -0.2) is 128 Å². The van der Waals surface area contributed by atoms with Gasteiger partial charge < -0.3 is 116 Å². The molecule has 0 bridgehead atoms. The van der Waals surface area contributed by atoms with E-state index >= 15 is 4.79 Å². The van der Waals surface area contributed by atoms with Gasteiger partial charge in [0.2, 0.25) is 10.9 Å². The van der Waals surface area contributed by atoms with E-state index in [4.69, 9.17) is 23.7 Å². The Hall–Kier alpha value is -12.8. The molecule has 18 N–H and O–H groups in total. The number of ether oxygens (including phenoxy) is 5. The summed E-state index contributed by atoms with van der Waals surface area (Å²) in [7, 11) is 0. The summed E-state index contributed by atoms with van der Waals surface area (Å²) in [6, 6.07) is 14.5. The van der Waals surface area contributed by atoms with Gasteiger partial charge in [0.1, 0.15) is 64.3 Å². The lowest BCUT2D eigenvalue weighted by Crippen LogP contribution is -2.35. The van der Waals surface area contributed by atoms with Gasteiger partial charge >= 0.3 is 17.9 Å². The van der Waals surface area contributed by atoms with Crippen molar-refractivity contribution in [2.75, 3.05) is 0 Å². The molecule has 9 aromatic rings. The number of hydrogen-bond acceptors (Lipinski definition) is 28. The summed E-state index contributed by atoms with van der Waals surface area (Å²) in [6.45, 7) is 0. The highest BCUT2D eigenvalue weighted by atomic mass is 16.6. The molecule has 0 saturated carbocycles. The molecule has 1 aliphatic carbocycles. The first-order valence-corrected chi connectivity index (χ1v) is 27.6. The number of rotatable bonds is 9. The lowest BCUT2D eigenvalue weighted by Gasteiger charge is -2.35. The standard InChI is InChI=1S/C65H48O28/c66-26-1-21-2-30(50(18-29(21)37(69)11-26)91-64(87)24-7-40(72)55(80)41(73)8-24)22-3-31-33(16-46(78)59(84)53(31)57(82)44(76)5-22)61-51(19-35-38(70)12-27(67)14-48(35)89-61)92-63(86)23-4-32-34(17-47(79)60(85)54(32)58(83)45(77)6-23)62-52(20-36-39(71)13-28(68)15-49(36)90-62)93-65(88)25-9-42(74)56(81)43(75)10-25/h1,3-17,30,50-52,61-62,66-75,78-81,84-85H,2,18-20H2,(H,76,82)(H,77,83)/t30?,50-,51-,52-,61-,62-/m1/s1. The summed E-state index contributed by atoms with van der Waals surface area (Å²) in [6.07, 6.45) is -10.4. The number of phenols is 16. The third-order valence-corrected chi connectivity index (χ3v) is 16.4. The van der Waals surface area contributed by atoms with E-state index in [1.54, 1.807) is 0 Å². The Kier molecular flexibility index (Phi) is 14.6. The number of benzene rings is 7. The van der Waals surface area contributed by atoms with E-state index in [0.717, 1.165) is 78.9 Å². The van der Waals surface area contributed by atoms with Crippen LogP contribution < -0.4 is 20.3 Å². The van der Waals surface area contributed by atoms with Gasteiger partial charge in [0.25, 0.3) is 0 Å². The molecule has 28 heteroatoms. The molecule has 93 heavy (non-hydrogen) atoms. The normalized spacial score (nSPS) is 18.0. The smallest absolute Gasteiger partial charge is 0.338 e. The molecule has 0 radical (unpaired) electrons. The molecule has 0 aromatic heterocycles. The van der Waals surface area contributed by atoms with Crippen molar-refractivity contribution in [3.63, 3.8) is 0 Å². The van der Waals surface area contributed by atoms with Gasteiger partial charge in [-0.2, -0.15) is 0 Å². The van der Waals surface area contributed by atoms with Crippen molar-refractivity contribution < 1.29 is 130 Å². The van der Waals surface area contributed by atoms with Gasteiger partial charge in [-0.1, -0.05) is 0 Å². The minimum absolute atomic E-state index is 0.0820. The van der Waals surface area contributed by atoms with Gasteiger partial charge in [-0.25, -0.2) is 14.4 Å². The van der Waals surface area contributed by atoms with Crippen LogP contribution in [0, 0.1) is 0 Å². The van der Waals surface area contributed by atoms with Crippen molar-refractivity contribution in [2.45, 2.75) is 62.1 Å². The van der Waals surface area contributed by atoms with Crippen LogP contribution in [0.1, 0.15) is 88.1 Å². The third-order valence-electron chi connectivity index (χ3n) is 16.4. The quantitative estimate of drug-likeness (QED) is 0.0426. The summed E-state index contributed by atoms with van der Waals surface area (Å²) in [4.78, 5) is 71.6. The van der Waals surface area contributed by atoms with Gasteiger partial charge in [-0.15, -0.1) is 0 Å². The van der Waals surface area contributed by atoms with Gasteiger partial charge in [0.05, 0.1) is 27.5 Å². The predicted molar refractivity (Wildman–Crippen MR) is 315 cm³/mol. The molecule has 9 aromatic carbocycles. The van der Waals surface area contributed by atoms with E-state index in [1.165, 1.54) is 12.1 Å². The zero-order chi connectivity index (χ0) is 66.7. The summed E-state index contributed by atoms with van der Waals surface area (Å²) in [5, 5.41) is 192. The molecule has 0 saturated heterocycles. The van der Waals surface area contributed by atoms with Crippen molar-refractivity contribution in [3.8, 4) is 115 Å². The fraction of sp³-hybridized carbons (Fsp3) is 0.154. The van der Waals surface area contributed by atoms with Gasteiger partial charge in [-0.05, 0) is 95.1 Å². The topological polar surface area (TPSA) is 496 Å². The molecule has 0 amide bonds.